The molecule has 1 aliphatic heterocycles. The maximum atomic E-state index is 13.1. The minimum Gasteiger partial charge on any atom is -0.366 e. The molecule has 1 saturated heterocycles. The number of amides is 1. The number of morpholine rings is 1. The van der Waals surface area contributed by atoms with Crippen molar-refractivity contribution in [1.82, 2.24) is 10.6 Å². The number of nitrogens with one attached hydrogen (secondary N) is 2. The van der Waals surface area contributed by atoms with Gasteiger partial charge in [-0.3, -0.25) is 4.79 Å². The molecule has 1 heterocycles. The number of halogens is 2. The Kier molecular flexibility index (Phi) is 4.74. The molecule has 1 amide bonds. The lowest BCUT2D eigenvalue weighted by molar-refractivity contribution is -0.134. The normalized spacial score (nSPS) is 20.9. The van der Waals surface area contributed by atoms with E-state index in [2.05, 4.69) is 10.6 Å². The molecule has 1 aliphatic rings. The van der Waals surface area contributed by atoms with E-state index >= 15 is 0 Å². The van der Waals surface area contributed by atoms with Gasteiger partial charge in [-0.15, -0.1) is 0 Å². The van der Waals surface area contributed by atoms with Crippen molar-refractivity contribution in [2.24, 2.45) is 0 Å². The highest BCUT2D eigenvalue weighted by Gasteiger charge is 2.23. The molecule has 0 spiro atoms. The fourth-order valence-electron chi connectivity index (χ4n) is 1.91. The molecule has 0 bridgehead atoms. The fourth-order valence-corrected chi connectivity index (χ4v) is 2.09. The highest BCUT2D eigenvalue weighted by atomic mass is 35.5. The minimum absolute atomic E-state index is 0.0502. The van der Waals surface area contributed by atoms with Crippen molar-refractivity contribution in [2.75, 3.05) is 19.7 Å². The molecule has 2 atom stereocenters. The van der Waals surface area contributed by atoms with Crippen molar-refractivity contribution in [2.45, 2.75) is 19.1 Å². The van der Waals surface area contributed by atoms with E-state index < -0.39 is 11.9 Å². The van der Waals surface area contributed by atoms with Crippen molar-refractivity contribution >= 4 is 17.5 Å². The predicted octanol–water partition coefficient (Wildman–Crippen LogP) is 1.64. The standard InChI is InChI=1S/C13H16ClFN2O2/c1-8(9-2-3-11(15)10(14)6-9)17-13(18)12-7-16-4-5-19-12/h2-3,6,8,12,16H,4-5,7H2,1H3,(H,17,18). The van der Waals surface area contributed by atoms with Gasteiger partial charge in [0.1, 0.15) is 11.9 Å². The summed E-state index contributed by atoms with van der Waals surface area (Å²) in [5.74, 6) is -0.649. The van der Waals surface area contributed by atoms with Gasteiger partial charge in [0.2, 0.25) is 0 Å². The summed E-state index contributed by atoms with van der Waals surface area (Å²) in [6, 6.07) is 4.16. The molecule has 104 valence electrons. The quantitative estimate of drug-likeness (QED) is 0.888. The number of hydrogen-bond donors (Lipinski definition) is 2. The zero-order valence-corrected chi connectivity index (χ0v) is 11.3. The van der Waals surface area contributed by atoms with Gasteiger partial charge in [-0.1, -0.05) is 17.7 Å². The Hall–Kier alpha value is -1.17. The van der Waals surface area contributed by atoms with Crippen molar-refractivity contribution in [3.05, 3.63) is 34.6 Å². The second kappa shape index (κ2) is 6.32. The fraction of sp³-hybridized carbons (Fsp3) is 0.462. The average Bonchev–Trinajstić information content (AvgIpc) is 2.42. The molecule has 4 nitrogen and oxygen atoms in total. The lowest BCUT2D eigenvalue weighted by Crippen LogP contribution is -2.48. The number of ether oxygens (including phenoxy) is 1. The molecule has 6 heteroatoms. The van der Waals surface area contributed by atoms with Gasteiger partial charge in [-0.25, -0.2) is 4.39 Å². The van der Waals surface area contributed by atoms with Crippen LogP contribution in [-0.2, 0) is 9.53 Å². The van der Waals surface area contributed by atoms with Gasteiger partial charge in [0.25, 0.3) is 5.91 Å². The maximum Gasteiger partial charge on any atom is 0.250 e. The summed E-state index contributed by atoms with van der Waals surface area (Å²) in [4.78, 5) is 12.0. The summed E-state index contributed by atoms with van der Waals surface area (Å²) < 4.78 is 18.4. The lowest BCUT2D eigenvalue weighted by Gasteiger charge is -2.24. The van der Waals surface area contributed by atoms with Crippen LogP contribution < -0.4 is 10.6 Å². The van der Waals surface area contributed by atoms with Gasteiger partial charge in [-0.2, -0.15) is 0 Å². The van der Waals surface area contributed by atoms with E-state index in [0.717, 1.165) is 12.1 Å². The van der Waals surface area contributed by atoms with Crippen LogP contribution in [0.5, 0.6) is 0 Å². The highest BCUT2D eigenvalue weighted by molar-refractivity contribution is 6.30. The van der Waals surface area contributed by atoms with Crippen LogP contribution in [0.2, 0.25) is 5.02 Å². The van der Waals surface area contributed by atoms with Crippen LogP contribution in [0.25, 0.3) is 0 Å². The second-order valence-electron chi connectivity index (χ2n) is 4.47. The Morgan fingerprint density at radius 1 is 1.63 bits per heavy atom. The predicted molar refractivity (Wildman–Crippen MR) is 70.6 cm³/mol. The number of hydrogen-bond acceptors (Lipinski definition) is 3. The van der Waals surface area contributed by atoms with E-state index in [9.17, 15) is 9.18 Å². The SMILES string of the molecule is CC(NC(=O)C1CNCCO1)c1ccc(F)c(Cl)c1. The van der Waals surface area contributed by atoms with Crippen molar-refractivity contribution in [1.29, 1.82) is 0 Å². The van der Waals surface area contributed by atoms with Crippen LogP contribution in [0.4, 0.5) is 4.39 Å². The Labute approximate surface area is 116 Å². The lowest BCUT2D eigenvalue weighted by atomic mass is 10.1. The molecular weight excluding hydrogens is 271 g/mol. The number of carbonyl (C=O) groups is 1. The first kappa shape index (κ1) is 14.2. The summed E-state index contributed by atoms with van der Waals surface area (Å²) in [6.45, 7) is 3.60. The third kappa shape index (κ3) is 3.65. The molecule has 1 aromatic rings. The van der Waals surface area contributed by atoms with Crippen LogP contribution >= 0.6 is 11.6 Å². The molecule has 0 saturated carbocycles. The molecule has 2 unspecified atom stereocenters. The summed E-state index contributed by atoms with van der Waals surface area (Å²) in [7, 11) is 0. The van der Waals surface area contributed by atoms with E-state index in [1.54, 1.807) is 6.07 Å². The third-order valence-corrected chi connectivity index (χ3v) is 3.31. The van der Waals surface area contributed by atoms with E-state index in [4.69, 9.17) is 16.3 Å². The molecule has 19 heavy (non-hydrogen) atoms. The van der Waals surface area contributed by atoms with Gasteiger partial charge in [0.05, 0.1) is 17.7 Å². The maximum absolute atomic E-state index is 13.1. The zero-order chi connectivity index (χ0) is 13.8. The van der Waals surface area contributed by atoms with Gasteiger partial charge in [0, 0.05) is 13.1 Å². The molecule has 1 aromatic carbocycles. The number of rotatable bonds is 3. The van der Waals surface area contributed by atoms with Gasteiger partial charge in [0.15, 0.2) is 0 Å². The Bertz CT molecular complexity index is 464. The van der Waals surface area contributed by atoms with Crippen LogP contribution in [0.15, 0.2) is 18.2 Å². The molecule has 1 fully saturated rings. The van der Waals surface area contributed by atoms with Crippen LogP contribution in [0.1, 0.15) is 18.5 Å². The summed E-state index contributed by atoms with van der Waals surface area (Å²) in [5, 5.41) is 5.97. The monoisotopic (exact) mass is 286 g/mol. The average molecular weight is 287 g/mol. The van der Waals surface area contributed by atoms with Gasteiger partial charge >= 0.3 is 0 Å². The summed E-state index contributed by atoms with van der Waals surface area (Å²) >= 11 is 5.72. The smallest absolute Gasteiger partial charge is 0.250 e. The summed E-state index contributed by atoms with van der Waals surface area (Å²) in [5.41, 5.74) is 0.753. The van der Waals surface area contributed by atoms with Crippen LogP contribution in [-0.4, -0.2) is 31.7 Å². The Morgan fingerprint density at radius 2 is 2.42 bits per heavy atom. The first-order valence-corrected chi connectivity index (χ1v) is 6.53. The molecular formula is C13H16ClFN2O2. The first-order chi connectivity index (χ1) is 9.08. The van der Waals surface area contributed by atoms with Crippen LogP contribution in [0.3, 0.4) is 0 Å². The van der Waals surface area contributed by atoms with E-state index in [1.165, 1.54) is 12.1 Å². The van der Waals surface area contributed by atoms with E-state index in [1.807, 2.05) is 6.92 Å². The van der Waals surface area contributed by atoms with E-state index in [0.29, 0.717) is 13.2 Å². The minimum atomic E-state index is -0.480. The Balaban J connectivity index is 1.97. The van der Waals surface area contributed by atoms with Crippen molar-refractivity contribution in [3.8, 4) is 0 Å². The molecule has 2 rings (SSSR count). The molecule has 0 aliphatic carbocycles. The number of benzene rings is 1. The summed E-state index contributed by atoms with van der Waals surface area (Å²) in [6.07, 6.45) is -0.480. The number of carbonyl (C=O) groups excluding carboxylic acids is 1. The topological polar surface area (TPSA) is 50.4 Å². The van der Waals surface area contributed by atoms with E-state index in [-0.39, 0.29) is 17.0 Å². The second-order valence-corrected chi connectivity index (χ2v) is 4.87. The third-order valence-electron chi connectivity index (χ3n) is 3.02. The van der Waals surface area contributed by atoms with Crippen molar-refractivity contribution < 1.29 is 13.9 Å². The Morgan fingerprint density at radius 3 is 3.05 bits per heavy atom. The highest BCUT2D eigenvalue weighted by Crippen LogP contribution is 2.20. The van der Waals surface area contributed by atoms with Gasteiger partial charge < -0.3 is 15.4 Å². The molecule has 0 radical (unpaired) electrons. The van der Waals surface area contributed by atoms with Crippen molar-refractivity contribution in [3.63, 3.8) is 0 Å². The largest absolute Gasteiger partial charge is 0.366 e. The first-order valence-electron chi connectivity index (χ1n) is 6.15. The zero-order valence-electron chi connectivity index (χ0n) is 10.6. The molecule has 2 N–H and O–H groups in total. The molecule has 0 aromatic heterocycles. The van der Waals surface area contributed by atoms with Gasteiger partial charge in [-0.05, 0) is 24.6 Å². The van der Waals surface area contributed by atoms with Crippen LogP contribution in [0, 0.1) is 5.82 Å².